The normalized spacial score (nSPS) is 12.4. The Hall–Kier alpha value is -1.09. The number of aromatic nitrogens is 1. The second-order valence-electron chi connectivity index (χ2n) is 4.87. The molecule has 1 atom stereocenters. The molecule has 3 heteroatoms. The second-order valence-corrected chi connectivity index (χ2v) is 4.87. The fourth-order valence-electron chi connectivity index (χ4n) is 1.90. The Kier molecular flexibility index (Phi) is 7.42. The van der Waals surface area contributed by atoms with Crippen LogP contribution in [0.2, 0.25) is 0 Å². The minimum Gasteiger partial charge on any atom is -0.493 e. The molecule has 0 spiro atoms. The zero-order chi connectivity index (χ0) is 13.2. The average Bonchev–Trinajstić information content (AvgIpc) is 2.38. The summed E-state index contributed by atoms with van der Waals surface area (Å²) in [5, 5.41) is 3.38. The molecule has 0 aliphatic rings. The van der Waals surface area contributed by atoms with E-state index in [-0.39, 0.29) is 0 Å². The molecule has 1 aromatic heterocycles. The number of pyridine rings is 1. The van der Waals surface area contributed by atoms with Crippen molar-refractivity contribution in [3.8, 4) is 5.75 Å². The summed E-state index contributed by atoms with van der Waals surface area (Å²) in [5.41, 5.74) is 1.15. The molecule has 0 amide bonds. The zero-order valence-electron chi connectivity index (χ0n) is 11.9. The lowest BCUT2D eigenvalue weighted by Crippen LogP contribution is -2.16. The van der Waals surface area contributed by atoms with E-state index in [9.17, 15) is 0 Å². The standard InChI is InChI=1S/C15H26N2O/c1-4-6-13(3)12-18-15-7-9-17-11-14(15)10-16-8-5-2/h7,9,11,13,16H,4-6,8,10,12H2,1-3H3. The highest BCUT2D eigenvalue weighted by atomic mass is 16.5. The zero-order valence-corrected chi connectivity index (χ0v) is 11.9. The third-order valence-electron chi connectivity index (χ3n) is 2.91. The van der Waals surface area contributed by atoms with Gasteiger partial charge in [-0.2, -0.15) is 0 Å². The first-order valence-corrected chi connectivity index (χ1v) is 7.04. The molecule has 1 heterocycles. The van der Waals surface area contributed by atoms with Gasteiger partial charge in [0.15, 0.2) is 0 Å². The lowest BCUT2D eigenvalue weighted by molar-refractivity contribution is 0.248. The molecule has 0 aliphatic carbocycles. The van der Waals surface area contributed by atoms with Gasteiger partial charge in [0.25, 0.3) is 0 Å². The van der Waals surface area contributed by atoms with Crippen molar-refractivity contribution in [2.24, 2.45) is 5.92 Å². The number of hydrogen-bond donors (Lipinski definition) is 1. The monoisotopic (exact) mass is 250 g/mol. The van der Waals surface area contributed by atoms with Gasteiger partial charge >= 0.3 is 0 Å². The molecule has 1 aromatic rings. The molecule has 3 nitrogen and oxygen atoms in total. The van der Waals surface area contributed by atoms with Crippen LogP contribution in [-0.2, 0) is 6.54 Å². The van der Waals surface area contributed by atoms with Crippen LogP contribution >= 0.6 is 0 Å². The Labute approximate surface area is 111 Å². The van der Waals surface area contributed by atoms with Gasteiger partial charge in [-0.05, 0) is 31.4 Å². The number of nitrogens with one attached hydrogen (secondary N) is 1. The molecule has 0 saturated heterocycles. The summed E-state index contributed by atoms with van der Waals surface area (Å²) in [4.78, 5) is 4.17. The molecule has 0 radical (unpaired) electrons. The van der Waals surface area contributed by atoms with Crippen LogP contribution in [0, 0.1) is 5.92 Å². The van der Waals surface area contributed by atoms with E-state index in [2.05, 4.69) is 31.1 Å². The second kappa shape index (κ2) is 8.92. The van der Waals surface area contributed by atoms with Crippen LogP contribution in [0.3, 0.4) is 0 Å². The third kappa shape index (κ3) is 5.50. The van der Waals surface area contributed by atoms with Crippen LogP contribution in [0.4, 0.5) is 0 Å². The van der Waals surface area contributed by atoms with Gasteiger partial charge in [0.1, 0.15) is 5.75 Å². The SMILES string of the molecule is CCCNCc1cnccc1OCC(C)CCC. The highest BCUT2D eigenvalue weighted by Gasteiger charge is 2.06. The maximum atomic E-state index is 5.90. The lowest BCUT2D eigenvalue weighted by atomic mass is 10.1. The Morgan fingerprint density at radius 3 is 2.89 bits per heavy atom. The van der Waals surface area contributed by atoms with Crippen molar-refractivity contribution in [1.29, 1.82) is 0 Å². The molecular weight excluding hydrogens is 224 g/mol. The Morgan fingerprint density at radius 2 is 2.17 bits per heavy atom. The topological polar surface area (TPSA) is 34.2 Å². The van der Waals surface area contributed by atoms with Crippen molar-refractivity contribution in [1.82, 2.24) is 10.3 Å². The minimum atomic E-state index is 0.611. The van der Waals surface area contributed by atoms with Crippen molar-refractivity contribution >= 4 is 0 Å². The van der Waals surface area contributed by atoms with Crippen LogP contribution in [0.15, 0.2) is 18.5 Å². The van der Waals surface area contributed by atoms with Crippen LogP contribution in [0.5, 0.6) is 5.75 Å². The molecule has 18 heavy (non-hydrogen) atoms. The van der Waals surface area contributed by atoms with Gasteiger partial charge in [-0.15, -0.1) is 0 Å². The van der Waals surface area contributed by atoms with E-state index in [4.69, 9.17) is 4.74 Å². The van der Waals surface area contributed by atoms with Gasteiger partial charge in [0.05, 0.1) is 6.61 Å². The van der Waals surface area contributed by atoms with E-state index in [0.717, 1.165) is 37.4 Å². The van der Waals surface area contributed by atoms with E-state index in [0.29, 0.717) is 5.92 Å². The van der Waals surface area contributed by atoms with Crippen molar-refractivity contribution in [2.45, 2.75) is 46.6 Å². The van der Waals surface area contributed by atoms with Gasteiger partial charge in [0, 0.05) is 24.5 Å². The quantitative estimate of drug-likeness (QED) is 0.682. The Balaban J connectivity index is 2.48. The summed E-state index contributed by atoms with van der Waals surface area (Å²) in [7, 11) is 0. The number of ether oxygens (including phenoxy) is 1. The molecule has 0 aromatic carbocycles. The first kappa shape index (κ1) is 15.0. The van der Waals surface area contributed by atoms with Gasteiger partial charge in [0.2, 0.25) is 0 Å². The van der Waals surface area contributed by atoms with E-state index >= 15 is 0 Å². The first-order valence-electron chi connectivity index (χ1n) is 7.04. The van der Waals surface area contributed by atoms with E-state index in [1.54, 1.807) is 6.20 Å². The smallest absolute Gasteiger partial charge is 0.126 e. The summed E-state index contributed by atoms with van der Waals surface area (Å²) in [6.07, 6.45) is 7.26. The molecule has 0 aliphatic heterocycles. The predicted octanol–water partition coefficient (Wildman–Crippen LogP) is 3.40. The molecule has 1 unspecified atom stereocenters. The maximum Gasteiger partial charge on any atom is 0.126 e. The largest absolute Gasteiger partial charge is 0.493 e. The maximum absolute atomic E-state index is 5.90. The summed E-state index contributed by atoms with van der Waals surface area (Å²) in [6.45, 7) is 9.27. The molecule has 102 valence electrons. The van der Waals surface area contributed by atoms with Crippen LogP contribution in [0.25, 0.3) is 0 Å². The molecule has 1 rings (SSSR count). The van der Waals surface area contributed by atoms with Crippen molar-refractivity contribution in [3.05, 3.63) is 24.0 Å². The molecule has 1 N–H and O–H groups in total. The van der Waals surface area contributed by atoms with Crippen molar-refractivity contribution in [3.63, 3.8) is 0 Å². The first-order chi connectivity index (χ1) is 8.77. The minimum absolute atomic E-state index is 0.611. The fourth-order valence-corrected chi connectivity index (χ4v) is 1.90. The van der Waals surface area contributed by atoms with Crippen LogP contribution in [0.1, 0.15) is 45.6 Å². The van der Waals surface area contributed by atoms with Gasteiger partial charge in [-0.1, -0.05) is 27.2 Å². The van der Waals surface area contributed by atoms with E-state index in [1.165, 1.54) is 12.8 Å². The molecule has 0 fully saturated rings. The Morgan fingerprint density at radius 1 is 1.33 bits per heavy atom. The van der Waals surface area contributed by atoms with Gasteiger partial charge in [-0.25, -0.2) is 0 Å². The van der Waals surface area contributed by atoms with Gasteiger partial charge in [-0.3, -0.25) is 4.98 Å². The summed E-state index contributed by atoms with van der Waals surface area (Å²) >= 11 is 0. The van der Waals surface area contributed by atoms with Crippen LogP contribution < -0.4 is 10.1 Å². The molecule has 0 saturated carbocycles. The van der Waals surface area contributed by atoms with Crippen molar-refractivity contribution < 1.29 is 4.74 Å². The van der Waals surface area contributed by atoms with E-state index in [1.807, 2.05) is 12.3 Å². The number of hydrogen-bond acceptors (Lipinski definition) is 3. The van der Waals surface area contributed by atoms with Gasteiger partial charge < -0.3 is 10.1 Å². The predicted molar refractivity (Wildman–Crippen MR) is 75.8 cm³/mol. The third-order valence-corrected chi connectivity index (χ3v) is 2.91. The van der Waals surface area contributed by atoms with Crippen LogP contribution in [-0.4, -0.2) is 18.1 Å². The highest BCUT2D eigenvalue weighted by molar-refractivity contribution is 5.29. The lowest BCUT2D eigenvalue weighted by Gasteiger charge is -2.15. The highest BCUT2D eigenvalue weighted by Crippen LogP contribution is 2.18. The van der Waals surface area contributed by atoms with E-state index < -0.39 is 0 Å². The summed E-state index contributed by atoms with van der Waals surface area (Å²) in [5.74, 6) is 1.58. The number of rotatable bonds is 9. The molecule has 0 bridgehead atoms. The van der Waals surface area contributed by atoms with Crippen molar-refractivity contribution in [2.75, 3.05) is 13.2 Å². The number of nitrogens with zero attached hydrogens (tertiary/aromatic N) is 1. The fraction of sp³-hybridized carbons (Fsp3) is 0.667. The summed E-state index contributed by atoms with van der Waals surface area (Å²) in [6, 6.07) is 1.96. The Bertz CT molecular complexity index is 328. The molecular formula is C15H26N2O. The summed E-state index contributed by atoms with van der Waals surface area (Å²) < 4.78 is 5.90. The average molecular weight is 250 g/mol.